The molecule has 2 amide bonds. The number of carbonyl (C=O) groups is 2. The van der Waals surface area contributed by atoms with Crippen molar-refractivity contribution in [3.05, 3.63) is 65.7 Å². The van der Waals surface area contributed by atoms with E-state index >= 15 is 0 Å². The summed E-state index contributed by atoms with van der Waals surface area (Å²) in [5.74, 6) is 1.65. The second kappa shape index (κ2) is 12.4. The Kier molecular flexibility index (Phi) is 8.43. The van der Waals surface area contributed by atoms with Crippen molar-refractivity contribution in [3.8, 4) is 28.7 Å². The van der Waals surface area contributed by atoms with Crippen molar-refractivity contribution in [2.45, 2.75) is 19.4 Å². The number of carbonyl (C=O) groups excluding carboxylic acids is 2. The van der Waals surface area contributed by atoms with Crippen LogP contribution in [0, 0.1) is 0 Å². The van der Waals surface area contributed by atoms with Gasteiger partial charge in [0.15, 0.2) is 34.7 Å². The lowest BCUT2D eigenvalue weighted by molar-refractivity contribution is -0.130. The zero-order valence-electron chi connectivity index (χ0n) is 23.8. The highest BCUT2D eigenvalue weighted by atomic mass is 32.1. The number of rotatable bonds is 10. The standard InChI is InChI=1S/C30H30N4O7S/c1-17(35)34-22(15-21(33-34)19-13-25(38-3)29(40-5)26(14-19)39-4)18-10-11-23(37-2)24(12-18)41-16-28(36)32-30-31-20-8-6-7-9-27(20)42-30/h6-14,22H,15-16H2,1-5H3,(H,31,32,36). The van der Waals surface area contributed by atoms with Gasteiger partial charge in [-0.3, -0.25) is 14.9 Å². The van der Waals surface area contributed by atoms with Crippen molar-refractivity contribution in [1.82, 2.24) is 9.99 Å². The van der Waals surface area contributed by atoms with Crippen LogP contribution >= 0.6 is 11.3 Å². The lowest BCUT2D eigenvalue weighted by atomic mass is 9.97. The predicted molar refractivity (Wildman–Crippen MR) is 159 cm³/mol. The van der Waals surface area contributed by atoms with Crippen LogP contribution in [-0.2, 0) is 9.59 Å². The van der Waals surface area contributed by atoms with E-state index in [9.17, 15) is 9.59 Å². The van der Waals surface area contributed by atoms with Crippen molar-refractivity contribution >= 4 is 44.2 Å². The first-order valence-electron chi connectivity index (χ1n) is 13.0. The van der Waals surface area contributed by atoms with Gasteiger partial charge in [0.1, 0.15) is 0 Å². The number of anilines is 1. The number of nitrogens with one attached hydrogen (secondary N) is 1. The zero-order valence-corrected chi connectivity index (χ0v) is 24.6. The van der Waals surface area contributed by atoms with Crippen LogP contribution in [0.5, 0.6) is 28.7 Å². The summed E-state index contributed by atoms with van der Waals surface area (Å²) in [4.78, 5) is 29.8. The van der Waals surface area contributed by atoms with E-state index in [2.05, 4.69) is 15.4 Å². The molecule has 11 nitrogen and oxygen atoms in total. The maximum atomic E-state index is 12.7. The van der Waals surface area contributed by atoms with Gasteiger partial charge in [0, 0.05) is 18.9 Å². The van der Waals surface area contributed by atoms with E-state index in [4.69, 9.17) is 23.7 Å². The van der Waals surface area contributed by atoms with Crippen LogP contribution in [0.25, 0.3) is 10.2 Å². The summed E-state index contributed by atoms with van der Waals surface area (Å²) in [5, 5.41) is 9.35. The highest BCUT2D eigenvalue weighted by molar-refractivity contribution is 7.22. The van der Waals surface area contributed by atoms with Crippen LogP contribution in [0.15, 0.2) is 59.7 Å². The van der Waals surface area contributed by atoms with Crippen molar-refractivity contribution in [2.75, 3.05) is 40.4 Å². The topological polar surface area (TPSA) is 121 Å². The molecule has 1 aliphatic heterocycles. The Morgan fingerprint density at radius 3 is 2.29 bits per heavy atom. The first-order chi connectivity index (χ1) is 20.3. The molecule has 2 heterocycles. The Labute approximate surface area is 246 Å². The third-order valence-corrected chi connectivity index (χ3v) is 7.65. The number of hydrazone groups is 1. The van der Waals surface area contributed by atoms with Gasteiger partial charge >= 0.3 is 0 Å². The minimum atomic E-state index is -0.415. The highest BCUT2D eigenvalue weighted by Gasteiger charge is 2.33. The molecule has 1 unspecified atom stereocenters. The van der Waals surface area contributed by atoms with E-state index in [-0.39, 0.29) is 18.4 Å². The fraction of sp³-hybridized carbons (Fsp3) is 0.267. The number of nitrogens with zero attached hydrogens (tertiary/aromatic N) is 3. The van der Waals surface area contributed by atoms with Gasteiger partial charge in [-0.25, -0.2) is 9.99 Å². The van der Waals surface area contributed by atoms with Gasteiger partial charge in [-0.15, -0.1) is 0 Å². The molecule has 0 fully saturated rings. The molecule has 0 aliphatic carbocycles. The molecule has 42 heavy (non-hydrogen) atoms. The molecule has 3 aromatic carbocycles. The third-order valence-electron chi connectivity index (χ3n) is 6.70. The van der Waals surface area contributed by atoms with Gasteiger partial charge in [0.2, 0.25) is 11.7 Å². The number of hydrogen-bond donors (Lipinski definition) is 1. The highest BCUT2D eigenvalue weighted by Crippen LogP contribution is 2.42. The fourth-order valence-corrected chi connectivity index (χ4v) is 5.60. The van der Waals surface area contributed by atoms with Crippen LogP contribution in [0.1, 0.15) is 30.5 Å². The fourth-order valence-electron chi connectivity index (χ4n) is 4.72. The predicted octanol–water partition coefficient (Wildman–Crippen LogP) is 5.05. The maximum absolute atomic E-state index is 12.7. The van der Waals surface area contributed by atoms with Gasteiger partial charge in [-0.2, -0.15) is 5.10 Å². The Morgan fingerprint density at radius 2 is 1.64 bits per heavy atom. The molecule has 1 N–H and O–H groups in total. The van der Waals surface area contributed by atoms with E-state index in [1.807, 2.05) is 30.3 Å². The number of amides is 2. The van der Waals surface area contributed by atoms with Gasteiger partial charge in [-0.05, 0) is 42.0 Å². The lowest BCUT2D eigenvalue weighted by Crippen LogP contribution is -2.24. The number of fused-ring (bicyclic) bond motifs is 1. The molecule has 1 aliphatic rings. The largest absolute Gasteiger partial charge is 0.493 e. The molecular weight excluding hydrogens is 560 g/mol. The first-order valence-corrected chi connectivity index (χ1v) is 13.8. The molecule has 1 aromatic heterocycles. The Balaban J connectivity index is 1.36. The molecule has 5 rings (SSSR count). The number of benzene rings is 3. The second-order valence-corrected chi connectivity index (χ2v) is 10.3. The summed E-state index contributed by atoms with van der Waals surface area (Å²) in [7, 11) is 6.14. The number of thiazole rings is 1. The lowest BCUT2D eigenvalue weighted by Gasteiger charge is -2.21. The normalized spacial score (nSPS) is 14.4. The van der Waals surface area contributed by atoms with Gasteiger partial charge in [0.05, 0.1) is 50.4 Å². The summed E-state index contributed by atoms with van der Waals surface area (Å²) < 4.78 is 28.8. The van der Waals surface area contributed by atoms with E-state index in [1.54, 1.807) is 38.5 Å². The van der Waals surface area contributed by atoms with Crippen LogP contribution in [0.3, 0.4) is 0 Å². The maximum Gasteiger partial charge on any atom is 0.264 e. The zero-order chi connectivity index (χ0) is 29.8. The minimum absolute atomic E-state index is 0.226. The van der Waals surface area contributed by atoms with Crippen molar-refractivity contribution < 1.29 is 33.3 Å². The Hall–Kier alpha value is -4.84. The summed E-state index contributed by atoms with van der Waals surface area (Å²) >= 11 is 1.39. The number of hydrogen-bond acceptors (Lipinski definition) is 10. The molecule has 218 valence electrons. The van der Waals surface area contributed by atoms with Crippen molar-refractivity contribution in [2.24, 2.45) is 5.10 Å². The Morgan fingerprint density at radius 1 is 0.929 bits per heavy atom. The molecule has 12 heteroatoms. The first kappa shape index (κ1) is 28.7. The number of ether oxygens (including phenoxy) is 5. The van der Waals surface area contributed by atoms with Crippen LogP contribution in [0.4, 0.5) is 5.13 Å². The molecular formula is C30H30N4O7S. The molecule has 1 atom stereocenters. The average molecular weight is 591 g/mol. The molecule has 0 saturated carbocycles. The van der Waals surface area contributed by atoms with E-state index in [0.717, 1.165) is 21.3 Å². The summed E-state index contributed by atoms with van der Waals surface area (Å²) in [6.07, 6.45) is 0.419. The number of para-hydroxylation sites is 1. The van der Waals surface area contributed by atoms with E-state index < -0.39 is 6.04 Å². The van der Waals surface area contributed by atoms with Crippen LogP contribution in [-0.4, -0.2) is 62.6 Å². The molecule has 0 spiro atoms. The summed E-state index contributed by atoms with van der Waals surface area (Å²) in [6, 6.07) is 16.2. The van der Waals surface area contributed by atoms with E-state index in [1.165, 1.54) is 37.5 Å². The summed E-state index contributed by atoms with van der Waals surface area (Å²) in [5.41, 5.74) is 2.98. The van der Waals surface area contributed by atoms with Crippen LogP contribution < -0.4 is 29.0 Å². The molecule has 0 radical (unpaired) electrons. The van der Waals surface area contributed by atoms with Gasteiger partial charge in [0.25, 0.3) is 5.91 Å². The van der Waals surface area contributed by atoms with Crippen molar-refractivity contribution in [3.63, 3.8) is 0 Å². The molecule has 0 bridgehead atoms. The monoisotopic (exact) mass is 590 g/mol. The van der Waals surface area contributed by atoms with E-state index in [0.29, 0.717) is 46.0 Å². The molecule has 4 aromatic rings. The van der Waals surface area contributed by atoms with Crippen LogP contribution in [0.2, 0.25) is 0 Å². The SMILES string of the molecule is COc1ccc(C2CC(c3cc(OC)c(OC)c(OC)c3)=NN2C(C)=O)cc1OCC(=O)Nc1nc2ccccc2s1. The third kappa shape index (κ3) is 5.79. The Bertz CT molecular complexity index is 1610. The average Bonchev–Trinajstić information content (AvgIpc) is 3.63. The number of methoxy groups -OCH3 is 4. The smallest absolute Gasteiger partial charge is 0.264 e. The van der Waals surface area contributed by atoms with Crippen molar-refractivity contribution in [1.29, 1.82) is 0 Å². The summed E-state index contributed by atoms with van der Waals surface area (Å²) in [6.45, 7) is 1.20. The molecule has 0 saturated heterocycles. The van der Waals surface area contributed by atoms with Gasteiger partial charge in [-0.1, -0.05) is 29.5 Å². The number of aromatic nitrogens is 1. The second-order valence-electron chi connectivity index (χ2n) is 9.28. The van der Waals surface area contributed by atoms with Gasteiger partial charge < -0.3 is 23.7 Å². The minimum Gasteiger partial charge on any atom is -0.493 e. The quantitative estimate of drug-likeness (QED) is 0.273.